The van der Waals surface area contributed by atoms with Crippen LogP contribution in [0.1, 0.15) is 33.4 Å². The van der Waals surface area contributed by atoms with Gasteiger partial charge in [-0.15, -0.1) is 0 Å². The van der Waals surface area contributed by atoms with Crippen LogP contribution >= 0.6 is 0 Å². The zero-order chi connectivity index (χ0) is 25.4. The number of aromatic hydroxyl groups is 3. The molecule has 7 nitrogen and oxygen atoms in total. The lowest BCUT2D eigenvalue weighted by Crippen LogP contribution is -2.51. The molecule has 0 spiro atoms. The number of hydrogen-bond donors (Lipinski definition) is 5. The average molecular weight is 479 g/mol. The third-order valence-electron chi connectivity index (χ3n) is 5.69. The highest BCUT2D eigenvalue weighted by atomic mass is 16.5. The van der Waals surface area contributed by atoms with Crippen molar-refractivity contribution in [3.63, 3.8) is 0 Å². The second-order valence-electron chi connectivity index (χ2n) is 8.10. The topological polar surface area (TPSA) is 134 Å². The fourth-order valence-corrected chi connectivity index (χ4v) is 4.12. The summed E-state index contributed by atoms with van der Waals surface area (Å²) < 4.78 is 10.8. The van der Waals surface area contributed by atoms with Crippen molar-refractivity contribution < 1.29 is 36.3 Å². The van der Waals surface area contributed by atoms with Crippen molar-refractivity contribution in [3.8, 4) is 28.7 Å². The molecule has 35 heavy (non-hydrogen) atoms. The van der Waals surface area contributed by atoms with Crippen molar-refractivity contribution in [1.82, 2.24) is 0 Å². The summed E-state index contributed by atoms with van der Waals surface area (Å²) in [6, 6.07) is 12.2. The van der Waals surface area contributed by atoms with Crippen LogP contribution in [0.25, 0.3) is 24.3 Å². The van der Waals surface area contributed by atoms with Crippen LogP contribution < -0.4 is 20.9 Å². The second kappa shape index (κ2) is 12.0. The predicted molar refractivity (Wildman–Crippen MR) is 138 cm³/mol. The Morgan fingerprint density at radius 2 is 1.09 bits per heavy atom. The van der Waals surface area contributed by atoms with Gasteiger partial charge in [0.25, 0.3) is 0 Å². The molecule has 0 bridgehead atoms. The molecule has 0 aromatic heterocycles. The smallest absolute Gasteiger partial charge is 0.164 e. The van der Waals surface area contributed by atoms with Gasteiger partial charge in [-0.25, -0.2) is 0 Å². The van der Waals surface area contributed by atoms with E-state index in [4.69, 9.17) is 9.47 Å². The zero-order valence-corrected chi connectivity index (χ0v) is 20.3. The number of hydrogen-bond acceptors (Lipinski definition) is 5. The van der Waals surface area contributed by atoms with Crippen LogP contribution in [0.2, 0.25) is 0 Å². The molecule has 0 heterocycles. The van der Waals surface area contributed by atoms with Gasteiger partial charge in [-0.1, -0.05) is 36.4 Å². The van der Waals surface area contributed by atoms with Gasteiger partial charge >= 0.3 is 0 Å². The molecule has 184 valence electrons. The summed E-state index contributed by atoms with van der Waals surface area (Å²) >= 11 is 0. The second-order valence-corrected chi connectivity index (χ2v) is 8.10. The highest BCUT2D eigenvalue weighted by molar-refractivity contribution is 5.78. The van der Waals surface area contributed by atoms with E-state index >= 15 is 0 Å². The Kier molecular flexibility index (Phi) is 8.78. The monoisotopic (exact) mass is 478 g/mol. The number of benzene rings is 3. The SMILES string of the molecule is COc1c(O)ccc(/C=C/c2cc(O)cc(/C=C/c3ccc(O)c(OC)c3CC[NH3+])c2)c1CC[NH3+]. The van der Waals surface area contributed by atoms with Crippen LogP contribution in [0, 0.1) is 0 Å². The summed E-state index contributed by atoms with van der Waals surface area (Å²) in [5.74, 6) is 1.26. The van der Waals surface area contributed by atoms with Crippen LogP contribution in [0.5, 0.6) is 28.7 Å². The first-order valence-electron chi connectivity index (χ1n) is 11.5. The minimum Gasteiger partial charge on any atom is -0.508 e. The van der Waals surface area contributed by atoms with Gasteiger partial charge in [-0.3, -0.25) is 0 Å². The largest absolute Gasteiger partial charge is 0.508 e. The lowest BCUT2D eigenvalue weighted by atomic mass is 9.99. The van der Waals surface area contributed by atoms with Crippen LogP contribution in [0.4, 0.5) is 0 Å². The Balaban J connectivity index is 1.94. The van der Waals surface area contributed by atoms with Gasteiger partial charge in [0.05, 0.1) is 27.3 Å². The van der Waals surface area contributed by atoms with E-state index in [2.05, 4.69) is 11.5 Å². The van der Waals surface area contributed by atoms with Crippen molar-refractivity contribution in [1.29, 1.82) is 0 Å². The first kappa shape index (κ1) is 25.7. The van der Waals surface area contributed by atoms with E-state index in [1.54, 1.807) is 24.3 Å². The molecule has 0 saturated heterocycles. The number of quaternary nitrogens is 2. The Hall–Kier alpha value is -3.94. The highest BCUT2D eigenvalue weighted by Gasteiger charge is 2.13. The van der Waals surface area contributed by atoms with Gasteiger partial charge in [-0.05, 0) is 52.6 Å². The number of methoxy groups -OCH3 is 2. The highest BCUT2D eigenvalue weighted by Crippen LogP contribution is 2.35. The first-order valence-corrected chi connectivity index (χ1v) is 11.5. The van der Waals surface area contributed by atoms with Gasteiger partial charge in [0, 0.05) is 24.0 Å². The van der Waals surface area contributed by atoms with Gasteiger partial charge in [0.15, 0.2) is 23.0 Å². The van der Waals surface area contributed by atoms with E-state index in [9.17, 15) is 15.3 Å². The van der Waals surface area contributed by atoms with E-state index in [1.165, 1.54) is 14.2 Å². The maximum atomic E-state index is 10.3. The Morgan fingerprint density at radius 1 is 0.657 bits per heavy atom. The van der Waals surface area contributed by atoms with Crippen LogP contribution in [-0.2, 0) is 12.8 Å². The fraction of sp³-hybridized carbons (Fsp3) is 0.214. The summed E-state index contributed by atoms with van der Waals surface area (Å²) in [4.78, 5) is 0. The summed E-state index contributed by atoms with van der Waals surface area (Å²) in [5, 5.41) is 30.6. The van der Waals surface area contributed by atoms with Gasteiger partial charge in [0.2, 0.25) is 0 Å². The molecular formula is C28H34N2O5+2. The molecular weight excluding hydrogens is 444 g/mol. The lowest BCUT2D eigenvalue weighted by Gasteiger charge is -2.12. The third kappa shape index (κ3) is 6.15. The molecule has 0 aliphatic heterocycles. The minimum atomic E-state index is 0.0990. The van der Waals surface area contributed by atoms with E-state index in [-0.39, 0.29) is 17.2 Å². The Bertz CT molecular complexity index is 1140. The fourth-order valence-electron chi connectivity index (χ4n) is 4.12. The van der Waals surface area contributed by atoms with Gasteiger partial charge in [-0.2, -0.15) is 0 Å². The summed E-state index contributed by atoms with van der Waals surface area (Å²) in [7, 11) is 3.07. The number of phenols is 3. The Morgan fingerprint density at radius 3 is 1.46 bits per heavy atom. The molecule has 0 atom stereocenters. The van der Waals surface area contributed by atoms with Gasteiger partial charge in [0.1, 0.15) is 5.75 Å². The van der Waals surface area contributed by atoms with Crippen molar-refractivity contribution in [2.75, 3.05) is 27.3 Å². The van der Waals surface area contributed by atoms with Crippen LogP contribution in [-0.4, -0.2) is 42.6 Å². The first-order chi connectivity index (χ1) is 16.9. The normalized spacial score (nSPS) is 11.4. The summed E-state index contributed by atoms with van der Waals surface area (Å²) in [5.41, 5.74) is 13.1. The third-order valence-corrected chi connectivity index (χ3v) is 5.69. The minimum absolute atomic E-state index is 0.0990. The van der Waals surface area contributed by atoms with Crippen LogP contribution in [0.3, 0.4) is 0 Å². The number of phenolic OH excluding ortho intramolecular Hbond substituents is 3. The lowest BCUT2D eigenvalue weighted by molar-refractivity contribution is -0.367. The molecule has 3 aromatic carbocycles. The van der Waals surface area contributed by atoms with E-state index in [0.29, 0.717) is 37.4 Å². The summed E-state index contributed by atoms with van der Waals surface area (Å²) in [6.07, 6.45) is 9.02. The zero-order valence-electron chi connectivity index (χ0n) is 20.3. The van der Waals surface area contributed by atoms with Crippen molar-refractivity contribution >= 4 is 24.3 Å². The molecule has 0 amide bonds. The molecule has 7 heteroatoms. The Labute approximate surface area is 205 Å². The average Bonchev–Trinajstić information content (AvgIpc) is 2.83. The molecule has 0 aliphatic carbocycles. The predicted octanol–water partition coefficient (Wildman–Crippen LogP) is 2.73. The molecule has 3 aromatic rings. The quantitative estimate of drug-likeness (QED) is 0.286. The molecule has 0 fully saturated rings. The number of ether oxygens (including phenoxy) is 2. The van der Waals surface area contributed by atoms with E-state index in [1.807, 2.05) is 42.5 Å². The van der Waals surface area contributed by atoms with Gasteiger partial charge < -0.3 is 36.3 Å². The molecule has 0 saturated carbocycles. The maximum Gasteiger partial charge on any atom is 0.164 e. The summed E-state index contributed by atoms with van der Waals surface area (Å²) in [6.45, 7) is 1.33. The van der Waals surface area contributed by atoms with Crippen molar-refractivity contribution in [3.05, 3.63) is 75.8 Å². The van der Waals surface area contributed by atoms with E-state index in [0.717, 1.165) is 33.4 Å². The van der Waals surface area contributed by atoms with Crippen molar-refractivity contribution in [2.45, 2.75) is 12.8 Å². The van der Waals surface area contributed by atoms with Crippen molar-refractivity contribution in [2.24, 2.45) is 0 Å². The van der Waals surface area contributed by atoms with Crippen LogP contribution in [0.15, 0.2) is 42.5 Å². The molecule has 0 radical (unpaired) electrons. The maximum absolute atomic E-state index is 10.3. The molecule has 3 rings (SSSR count). The molecule has 0 aliphatic rings. The molecule has 9 N–H and O–H groups in total. The standard InChI is InChI=1S/C28H32N2O5/c1-34-27-23(11-13-29)20(7-9-25(27)32)5-3-18-15-19(17-22(31)16-18)4-6-21-8-10-26(33)28(35-2)24(21)12-14-30/h3-10,15-17,31-33H,11-14,29-30H2,1-2H3/p+2/b5-3+,6-4+. The molecule has 0 unspecified atom stereocenters. The van der Waals surface area contributed by atoms with E-state index < -0.39 is 0 Å². The number of rotatable bonds is 10.